The van der Waals surface area contributed by atoms with Gasteiger partial charge in [-0.1, -0.05) is 28.1 Å². The van der Waals surface area contributed by atoms with Gasteiger partial charge in [0.15, 0.2) is 0 Å². The van der Waals surface area contributed by atoms with Crippen LogP contribution in [-0.2, 0) is 9.53 Å². The number of carbonyl (C=O) groups is 1. The lowest BCUT2D eigenvalue weighted by Crippen LogP contribution is -2.21. The highest BCUT2D eigenvalue weighted by molar-refractivity contribution is 9.10. The summed E-state index contributed by atoms with van der Waals surface area (Å²) in [6.45, 7) is 2.16. The number of carbonyl (C=O) groups excluding carboxylic acids is 1. The maximum absolute atomic E-state index is 12.8. The van der Waals surface area contributed by atoms with Gasteiger partial charge in [0, 0.05) is 16.6 Å². The third kappa shape index (κ3) is 3.65. The minimum Gasteiger partial charge on any atom is -0.476 e. The lowest BCUT2D eigenvalue weighted by atomic mass is 10.1. The van der Waals surface area contributed by atoms with Crippen molar-refractivity contribution in [2.24, 2.45) is 5.10 Å². The fraction of sp³-hybridized carbons (Fsp3) is 0.111. The number of hydrogen-bond donors (Lipinski definition) is 0. The number of non-ortho nitro benzene ring substituents is 1. The van der Waals surface area contributed by atoms with Crippen molar-refractivity contribution in [3.05, 3.63) is 74.3 Å². The SMILES string of the molecule is CCOC1=NN(c2ccc([N+](=O)[O-])cc2)C(=O)/C1=C\c1ccc(Br)cc1. The minimum atomic E-state index is -0.497. The van der Waals surface area contributed by atoms with E-state index in [2.05, 4.69) is 21.0 Å². The van der Waals surface area contributed by atoms with Gasteiger partial charge in [0.1, 0.15) is 5.57 Å². The molecule has 7 nitrogen and oxygen atoms in total. The molecule has 0 radical (unpaired) electrons. The lowest BCUT2D eigenvalue weighted by Gasteiger charge is -2.10. The molecular weight excluding hydrogens is 402 g/mol. The fourth-order valence-electron chi connectivity index (χ4n) is 2.38. The van der Waals surface area contributed by atoms with Crippen LogP contribution in [-0.4, -0.2) is 23.3 Å². The number of hydrazone groups is 1. The largest absolute Gasteiger partial charge is 0.476 e. The van der Waals surface area contributed by atoms with Gasteiger partial charge in [0.25, 0.3) is 11.6 Å². The van der Waals surface area contributed by atoms with E-state index in [1.807, 2.05) is 24.3 Å². The number of benzene rings is 2. The highest BCUT2D eigenvalue weighted by Crippen LogP contribution is 2.27. The maximum Gasteiger partial charge on any atom is 0.284 e. The summed E-state index contributed by atoms with van der Waals surface area (Å²) in [5, 5.41) is 16.2. The van der Waals surface area contributed by atoms with Crippen LogP contribution in [0.2, 0.25) is 0 Å². The van der Waals surface area contributed by atoms with E-state index in [1.54, 1.807) is 13.0 Å². The zero-order valence-electron chi connectivity index (χ0n) is 13.8. The summed E-state index contributed by atoms with van der Waals surface area (Å²) < 4.78 is 6.43. The molecule has 0 bridgehead atoms. The Morgan fingerprint density at radius 1 is 1.19 bits per heavy atom. The van der Waals surface area contributed by atoms with Crippen LogP contribution in [0.3, 0.4) is 0 Å². The van der Waals surface area contributed by atoms with Gasteiger partial charge in [0.2, 0.25) is 5.90 Å². The van der Waals surface area contributed by atoms with E-state index < -0.39 is 4.92 Å². The molecule has 1 heterocycles. The van der Waals surface area contributed by atoms with Crippen molar-refractivity contribution < 1.29 is 14.5 Å². The maximum atomic E-state index is 12.8. The minimum absolute atomic E-state index is 0.0555. The Morgan fingerprint density at radius 3 is 2.42 bits per heavy atom. The van der Waals surface area contributed by atoms with Crippen LogP contribution >= 0.6 is 15.9 Å². The molecule has 1 amide bonds. The average molecular weight is 416 g/mol. The summed E-state index contributed by atoms with van der Waals surface area (Å²) in [7, 11) is 0. The molecule has 8 heteroatoms. The number of nitrogens with zero attached hydrogens (tertiary/aromatic N) is 3. The van der Waals surface area contributed by atoms with Gasteiger partial charge < -0.3 is 4.74 Å². The summed E-state index contributed by atoms with van der Waals surface area (Å²) in [6, 6.07) is 13.1. The second kappa shape index (κ2) is 7.49. The Morgan fingerprint density at radius 2 is 1.85 bits per heavy atom. The third-order valence-corrected chi connectivity index (χ3v) is 4.14. The molecule has 0 saturated carbocycles. The highest BCUT2D eigenvalue weighted by Gasteiger charge is 2.32. The second-order valence-corrected chi connectivity index (χ2v) is 6.25. The first-order valence-electron chi connectivity index (χ1n) is 7.77. The first-order chi connectivity index (χ1) is 12.5. The molecular formula is C18H14BrN3O4. The molecule has 0 saturated heterocycles. The third-order valence-electron chi connectivity index (χ3n) is 3.61. The van der Waals surface area contributed by atoms with E-state index >= 15 is 0 Å². The molecule has 2 aromatic rings. The summed E-state index contributed by atoms with van der Waals surface area (Å²) in [5.74, 6) is -0.135. The van der Waals surface area contributed by atoms with E-state index in [4.69, 9.17) is 4.74 Å². The Labute approximate surface area is 157 Å². The van der Waals surface area contributed by atoms with Crippen molar-refractivity contribution >= 4 is 45.2 Å². The Hall–Kier alpha value is -3.00. The molecule has 132 valence electrons. The molecule has 1 aliphatic heterocycles. The number of rotatable bonds is 4. The topological polar surface area (TPSA) is 85.0 Å². The van der Waals surface area contributed by atoms with Gasteiger partial charge in [-0.25, -0.2) is 0 Å². The molecule has 3 rings (SSSR count). The molecule has 1 aliphatic rings. The highest BCUT2D eigenvalue weighted by atomic mass is 79.9. The van der Waals surface area contributed by atoms with E-state index in [9.17, 15) is 14.9 Å². The first kappa shape index (κ1) is 17.8. The molecule has 2 aromatic carbocycles. The van der Waals surface area contributed by atoms with E-state index in [1.165, 1.54) is 29.3 Å². The van der Waals surface area contributed by atoms with E-state index in [-0.39, 0.29) is 17.5 Å². The molecule has 0 fully saturated rings. The Bertz CT molecular complexity index is 905. The average Bonchev–Trinajstić information content (AvgIpc) is 2.93. The molecule has 0 atom stereocenters. The van der Waals surface area contributed by atoms with Crippen molar-refractivity contribution in [3.63, 3.8) is 0 Å². The summed E-state index contributed by atoms with van der Waals surface area (Å²) in [5.41, 5.74) is 1.53. The summed E-state index contributed by atoms with van der Waals surface area (Å²) in [4.78, 5) is 23.1. The monoisotopic (exact) mass is 415 g/mol. The molecule has 0 spiro atoms. The van der Waals surface area contributed by atoms with Crippen molar-refractivity contribution in [2.75, 3.05) is 11.6 Å². The number of halogens is 1. The number of nitro benzene ring substituents is 1. The summed E-state index contributed by atoms with van der Waals surface area (Å²) >= 11 is 3.37. The van der Waals surface area contributed by atoms with Crippen LogP contribution in [0.4, 0.5) is 11.4 Å². The quantitative estimate of drug-likeness (QED) is 0.426. The van der Waals surface area contributed by atoms with Crippen molar-refractivity contribution in [3.8, 4) is 0 Å². The summed E-state index contributed by atoms with van der Waals surface area (Å²) in [6.07, 6.45) is 1.70. The van der Waals surface area contributed by atoms with Crippen LogP contribution in [0, 0.1) is 10.1 Å². The molecule has 26 heavy (non-hydrogen) atoms. The van der Waals surface area contributed by atoms with Crippen LogP contribution < -0.4 is 5.01 Å². The van der Waals surface area contributed by atoms with Gasteiger partial charge in [-0.15, -0.1) is 5.10 Å². The van der Waals surface area contributed by atoms with Gasteiger partial charge in [0.05, 0.1) is 17.2 Å². The standard InChI is InChI=1S/C18H14BrN3O4/c1-2-26-17-16(11-12-3-5-13(19)6-4-12)18(23)21(20-17)14-7-9-15(10-8-14)22(24)25/h3-11H,2H2,1H3/b16-11-. The number of nitro groups is 1. The fourth-order valence-corrected chi connectivity index (χ4v) is 2.64. The smallest absolute Gasteiger partial charge is 0.284 e. The number of amides is 1. The lowest BCUT2D eigenvalue weighted by molar-refractivity contribution is -0.384. The second-order valence-electron chi connectivity index (χ2n) is 5.34. The van der Waals surface area contributed by atoms with E-state index in [0.717, 1.165) is 10.0 Å². The molecule has 0 N–H and O–H groups in total. The van der Waals surface area contributed by atoms with Crippen LogP contribution in [0.15, 0.2) is 63.7 Å². The number of ether oxygens (including phenoxy) is 1. The Balaban J connectivity index is 1.95. The van der Waals surface area contributed by atoms with E-state index in [0.29, 0.717) is 17.9 Å². The van der Waals surface area contributed by atoms with Gasteiger partial charge in [-0.3, -0.25) is 14.9 Å². The van der Waals surface area contributed by atoms with Crippen molar-refractivity contribution in [1.29, 1.82) is 0 Å². The van der Waals surface area contributed by atoms with Gasteiger partial charge in [-0.2, -0.15) is 5.01 Å². The Kier molecular flexibility index (Phi) is 5.13. The van der Waals surface area contributed by atoms with Crippen molar-refractivity contribution in [1.82, 2.24) is 0 Å². The van der Waals surface area contributed by atoms with Gasteiger partial charge >= 0.3 is 0 Å². The number of anilines is 1. The predicted molar refractivity (Wildman–Crippen MR) is 102 cm³/mol. The zero-order chi connectivity index (χ0) is 18.7. The first-order valence-corrected chi connectivity index (χ1v) is 8.57. The van der Waals surface area contributed by atoms with Crippen molar-refractivity contribution in [2.45, 2.75) is 6.92 Å². The zero-order valence-corrected chi connectivity index (χ0v) is 15.3. The molecule has 0 aromatic heterocycles. The number of hydrogen-bond acceptors (Lipinski definition) is 5. The molecule has 0 unspecified atom stereocenters. The van der Waals surface area contributed by atoms with Crippen LogP contribution in [0.25, 0.3) is 6.08 Å². The molecule has 0 aliphatic carbocycles. The van der Waals surface area contributed by atoms with Crippen LogP contribution in [0.5, 0.6) is 0 Å². The normalized spacial score (nSPS) is 15.3. The van der Waals surface area contributed by atoms with Crippen LogP contribution in [0.1, 0.15) is 12.5 Å². The predicted octanol–water partition coefficient (Wildman–Crippen LogP) is 4.14. The van der Waals surface area contributed by atoms with Gasteiger partial charge in [-0.05, 0) is 42.8 Å².